The quantitative estimate of drug-likeness (QED) is 0.826. The second kappa shape index (κ2) is 6.11. The third-order valence-electron chi connectivity index (χ3n) is 3.00. The van der Waals surface area contributed by atoms with Crippen molar-refractivity contribution >= 4 is 21.6 Å². The summed E-state index contributed by atoms with van der Waals surface area (Å²) in [6.07, 6.45) is 0. The highest BCUT2D eigenvalue weighted by molar-refractivity contribution is 9.10. The van der Waals surface area contributed by atoms with Crippen molar-refractivity contribution < 1.29 is 4.74 Å². The van der Waals surface area contributed by atoms with Crippen LogP contribution >= 0.6 is 15.9 Å². The largest absolute Gasteiger partial charge is 0.489 e. The summed E-state index contributed by atoms with van der Waals surface area (Å²) in [6, 6.07) is 14.0. The second-order valence-electron chi connectivity index (χ2n) is 4.87. The SMILES string of the molecule is CC(C)c1cccc(OCc2ccc(N)cc2Br)c1. The molecule has 0 fully saturated rings. The van der Waals surface area contributed by atoms with E-state index in [0.717, 1.165) is 21.5 Å². The van der Waals surface area contributed by atoms with Crippen LogP contribution in [0.4, 0.5) is 5.69 Å². The minimum atomic E-state index is 0.506. The van der Waals surface area contributed by atoms with E-state index in [0.29, 0.717) is 12.5 Å². The molecule has 2 aromatic rings. The number of anilines is 1. The number of rotatable bonds is 4. The summed E-state index contributed by atoms with van der Waals surface area (Å²) in [5.74, 6) is 1.40. The van der Waals surface area contributed by atoms with Crippen LogP contribution in [0.15, 0.2) is 46.9 Å². The maximum atomic E-state index is 5.83. The fraction of sp³-hybridized carbons (Fsp3) is 0.250. The Kier molecular flexibility index (Phi) is 4.48. The van der Waals surface area contributed by atoms with Crippen LogP contribution in [0.1, 0.15) is 30.9 Å². The fourth-order valence-corrected chi connectivity index (χ4v) is 2.32. The Morgan fingerprint density at radius 2 is 1.95 bits per heavy atom. The minimum absolute atomic E-state index is 0.506. The van der Waals surface area contributed by atoms with Crippen molar-refractivity contribution in [3.05, 3.63) is 58.1 Å². The van der Waals surface area contributed by atoms with Crippen molar-refractivity contribution in [2.45, 2.75) is 26.4 Å². The highest BCUT2D eigenvalue weighted by atomic mass is 79.9. The van der Waals surface area contributed by atoms with E-state index in [1.807, 2.05) is 30.3 Å². The maximum Gasteiger partial charge on any atom is 0.120 e. The topological polar surface area (TPSA) is 35.2 Å². The van der Waals surface area contributed by atoms with Gasteiger partial charge in [-0.3, -0.25) is 0 Å². The van der Waals surface area contributed by atoms with Gasteiger partial charge in [0.05, 0.1) is 0 Å². The van der Waals surface area contributed by atoms with E-state index in [1.54, 1.807) is 0 Å². The zero-order valence-electron chi connectivity index (χ0n) is 11.2. The molecule has 0 saturated heterocycles. The molecule has 0 saturated carbocycles. The standard InChI is InChI=1S/C16H18BrNO/c1-11(2)12-4-3-5-15(8-12)19-10-13-6-7-14(18)9-16(13)17/h3-9,11H,10,18H2,1-2H3. The molecule has 2 nitrogen and oxygen atoms in total. The number of nitrogen functional groups attached to an aromatic ring is 1. The van der Waals surface area contributed by atoms with Crippen molar-refractivity contribution in [1.29, 1.82) is 0 Å². The lowest BCUT2D eigenvalue weighted by Crippen LogP contribution is -1.98. The van der Waals surface area contributed by atoms with Crippen LogP contribution in [0, 0.1) is 0 Å². The van der Waals surface area contributed by atoms with Crippen LogP contribution < -0.4 is 10.5 Å². The Hall–Kier alpha value is -1.48. The van der Waals surface area contributed by atoms with Crippen molar-refractivity contribution in [3.63, 3.8) is 0 Å². The number of benzene rings is 2. The number of halogens is 1. The third kappa shape index (κ3) is 3.74. The third-order valence-corrected chi connectivity index (χ3v) is 3.73. The molecule has 0 atom stereocenters. The van der Waals surface area contributed by atoms with Gasteiger partial charge in [0.1, 0.15) is 12.4 Å². The molecule has 0 bridgehead atoms. The summed E-state index contributed by atoms with van der Waals surface area (Å²) in [5, 5.41) is 0. The number of ether oxygens (including phenoxy) is 1. The zero-order valence-corrected chi connectivity index (χ0v) is 12.8. The summed E-state index contributed by atoms with van der Waals surface area (Å²) in [5.41, 5.74) is 8.84. The van der Waals surface area contributed by atoms with Gasteiger partial charge in [-0.15, -0.1) is 0 Å². The summed E-state index contributed by atoms with van der Waals surface area (Å²) < 4.78 is 6.81. The van der Waals surface area contributed by atoms with Gasteiger partial charge >= 0.3 is 0 Å². The first-order valence-electron chi connectivity index (χ1n) is 6.33. The molecule has 19 heavy (non-hydrogen) atoms. The Morgan fingerprint density at radius 1 is 1.16 bits per heavy atom. The van der Waals surface area contributed by atoms with E-state index in [9.17, 15) is 0 Å². The van der Waals surface area contributed by atoms with Gasteiger partial charge in [-0.1, -0.05) is 48.0 Å². The smallest absolute Gasteiger partial charge is 0.120 e. The van der Waals surface area contributed by atoms with E-state index in [1.165, 1.54) is 5.56 Å². The van der Waals surface area contributed by atoms with E-state index in [-0.39, 0.29) is 0 Å². The van der Waals surface area contributed by atoms with Crippen molar-refractivity contribution in [2.24, 2.45) is 0 Å². The minimum Gasteiger partial charge on any atom is -0.489 e. The van der Waals surface area contributed by atoms with Gasteiger partial charge < -0.3 is 10.5 Å². The second-order valence-corrected chi connectivity index (χ2v) is 5.72. The number of hydrogen-bond acceptors (Lipinski definition) is 2. The molecular weight excluding hydrogens is 302 g/mol. The molecule has 0 heterocycles. The molecule has 0 aliphatic carbocycles. The summed E-state index contributed by atoms with van der Waals surface area (Å²) in [4.78, 5) is 0. The number of hydrogen-bond donors (Lipinski definition) is 1. The first kappa shape index (κ1) is 13.9. The van der Waals surface area contributed by atoms with Gasteiger partial charge in [0, 0.05) is 15.7 Å². The lowest BCUT2D eigenvalue weighted by molar-refractivity contribution is 0.305. The Bertz CT molecular complexity index is 566. The highest BCUT2D eigenvalue weighted by Gasteiger charge is 2.04. The zero-order chi connectivity index (χ0) is 13.8. The summed E-state index contributed by atoms with van der Waals surface area (Å²) in [7, 11) is 0. The van der Waals surface area contributed by atoms with Gasteiger partial charge in [-0.25, -0.2) is 0 Å². The average molecular weight is 320 g/mol. The molecule has 0 spiro atoms. The van der Waals surface area contributed by atoms with E-state index in [4.69, 9.17) is 10.5 Å². The van der Waals surface area contributed by atoms with Crippen molar-refractivity contribution in [1.82, 2.24) is 0 Å². The van der Waals surface area contributed by atoms with E-state index < -0.39 is 0 Å². The fourth-order valence-electron chi connectivity index (χ4n) is 1.81. The summed E-state index contributed by atoms with van der Waals surface area (Å²) >= 11 is 3.50. The number of nitrogens with two attached hydrogens (primary N) is 1. The Balaban J connectivity index is 2.08. The van der Waals surface area contributed by atoms with Gasteiger partial charge in [0.2, 0.25) is 0 Å². The first-order chi connectivity index (χ1) is 9.06. The van der Waals surface area contributed by atoms with E-state index in [2.05, 4.69) is 41.9 Å². The van der Waals surface area contributed by atoms with Gasteiger partial charge in [0.25, 0.3) is 0 Å². The Labute approximate surface area is 122 Å². The predicted molar refractivity (Wildman–Crippen MR) is 83.4 cm³/mol. The molecule has 2 N–H and O–H groups in total. The molecule has 100 valence electrons. The lowest BCUT2D eigenvalue weighted by Gasteiger charge is -2.11. The molecule has 0 unspecified atom stereocenters. The van der Waals surface area contributed by atoms with Crippen LogP contribution in [-0.4, -0.2) is 0 Å². The molecule has 0 aromatic heterocycles. The monoisotopic (exact) mass is 319 g/mol. The normalized spacial score (nSPS) is 10.7. The average Bonchev–Trinajstić information content (AvgIpc) is 2.38. The molecule has 3 heteroatoms. The predicted octanol–water partition coefficient (Wildman–Crippen LogP) is 4.73. The Morgan fingerprint density at radius 3 is 2.63 bits per heavy atom. The first-order valence-corrected chi connectivity index (χ1v) is 7.12. The molecule has 0 amide bonds. The maximum absolute atomic E-state index is 5.83. The molecular formula is C16H18BrNO. The molecule has 2 aromatic carbocycles. The van der Waals surface area contributed by atoms with Crippen LogP contribution in [0.25, 0.3) is 0 Å². The highest BCUT2D eigenvalue weighted by Crippen LogP contribution is 2.24. The van der Waals surface area contributed by atoms with Gasteiger partial charge in [-0.2, -0.15) is 0 Å². The van der Waals surface area contributed by atoms with Crippen LogP contribution in [0.2, 0.25) is 0 Å². The van der Waals surface area contributed by atoms with Gasteiger partial charge in [0.15, 0.2) is 0 Å². The molecule has 0 aliphatic heterocycles. The van der Waals surface area contributed by atoms with Crippen molar-refractivity contribution in [3.8, 4) is 5.75 Å². The van der Waals surface area contributed by atoms with Crippen molar-refractivity contribution in [2.75, 3.05) is 5.73 Å². The van der Waals surface area contributed by atoms with Gasteiger partial charge in [-0.05, 0) is 35.7 Å². The van der Waals surface area contributed by atoms with E-state index >= 15 is 0 Å². The molecule has 2 rings (SSSR count). The van der Waals surface area contributed by atoms with Crippen LogP contribution in [0.5, 0.6) is 5.75 Å². The molecule has 0 radical (unpaired) electrons. The molecule has 0 aliphatic rings. The lowest BCUT2D eigenvalue weighted by atomic mass is 10.0. The van der Waals surface area contributed by atoms with Crippen LogP contribution in [-0.2, 0) is 6.61 Å². The summed E-state index contributed by atoms with van der Waals surface area (Å²) in [6.45, 7) is 4.88. The van der Waals surface area contributed by atoms with Crippen LogP contribution in [0.3, 0.4) is 0 Å².